The van der Waals surface area contributed by atoms with E-state index in [1.807, 2.05) is 36.4 Å². The van der Waals surface area contributed by atoms with Gasteiger partial charge in [0.15, 0.2) is 0 Å². The SMILES string of the molecule is CCN1CCN(c2nc(C=Cc3ccccc3OCCO)cc3ccccc23)CC1. The van der Waals surface area contributed by atoms with E-state index in [9.17, 15) is 0 Å². The monoisotopic (exact) mass is 403 g/mol. The molecule has 1 saturated heterocycles. The molecule has 5 nitrogen and oxygen atoms in total. The molecule has 1 aromatic heterocycles. The van der Waals surface area contributed by atoms with Crippen LogP contribution in [0.3, 0.4) is 0 Å². The number of piperazine rings is 1. The van der Waals surface area contributed by atoms with Crippen LogP contribution in [0.25, 0.3) is 22.9 Å². The average Bonchev–Trinajstić information content (AvgIpc) is 2.81. The van der Waals surface area contributed by atoms with Crippen molar-refractivity contribution < 1.29 is 9.84 Å². The van der Waals surface area contributed by atoms with Crippen LogP contribution >= 0.6 is 0 Å². The van der Waals surface area contributed by atoms with E-state index < -0.39 is 0 Å². The van der Waals surface area contributed by atoms with Crippen molar-refractivity contribution in [2.75, 3.05) is 50.8 Å². The van der Waals surface area contributed by atoms with Gasteiger partial charge in [0.1, 0.15) is 18.2 Å². The first-order chi connectivity index (χ1) is 14.8. The third-order valence-corrected chi connectivity index (χ3v) is 5.56. The smallest absolute Gasteiger partial charge is 0.137 e. The lowest BCUT2D eigenvalue weighted by Crippen LogP contribution is -2.46. The minimum atomic E-state index is -0.00106. The van der Waals surface area contributed by atoms with Crippen LogP contribution in [-0.2, 0) is 0 Å². The molecule has 2 heterocycles. The number of rotatable bonds is 7. The van der Waals surface area contributed by atoms with Crippen molar-refractivity contribution in [1.29, 1.82) is 0 Å². The molecule has 1 aliphatic rings. The summed E-state index contributed by atoms with van der Waals surface area (Å²) in [6, 6.07) is 18.5. The van der Waals surface area contributed by atoms with E-state index in [1.165, 1.54) is 10.8 Å². The molecular formula is C25H29N3O2. The molecule has 0 bridgehead atoms. The summed E-state index contributed by atoms with van der Waals surface area (Å²) < 4.78 is 5.65. The van der Waals surface area contributed by atoms with Crippen molar-refractivity contribution in [2.24, 2.45) is 0 Å². The molecule has 1 fully saturated rings. The van der Waals surface area contributed by atoms with Gasteiger partial charge in [-0.05, 0) is 36.2 Å². The van der Waals surface area contributed by atoms with Crippen LogP contribution in [-0.4, -0.2) is 60.9 Å². The third-order valence-electron chi connectivity index (χ3n) is 5.56. The van der Waals surface area contributed by atoms with Gasteiger partial charge in [-0.1, -0.05) is 49.4 Å². The van der Waals surface area contributed by atoms with Crippen molar-refractivity contribution in [1.82, 2.24) is 9.88 Å². The van der Waals surface area contributed by atoms with Gasteiger partial charge < -0.3 is 19.6 Å². The van der Waals surface area contributed by atoms with Crippen LogP contribution in [0.1, 0.15) is 18.2 Å². The van der Waals surface area contributed by atoms with E-state index in [0.29, 0.717) is 0 Å². The van der Waals surface area contributed by atoms with Crippen LogP contribution in [0.2, 0.25) is 0 Å². The number of aliphatic hydroxyl groups is 1. The Morgan fingerprint density at radius 3 is 2.57 bits per heavy atom. The molecule has 156 valence electrons. The summed E-state index contributed by atoms with van der Waals surface area (Å²) in [4.78, 5) is 9.91. The number of nitrogens with zero attached hydrogens (tertiary/aromatic N) is 3. The van der Waals surface area contributed by atoms with Crippen LogP contribution in [0, 0.1) is 0 Å². The summed E-state index contributed by atoms with van der Waals surface area (Å²) in [7, 11) is 0. The molecule has 1 N–H and O–H groups in total. The predicted octanol–water partition coefficient (Wildman–Crippen LogP) is 3.92. The molecule has 0 amide bonds. The summed E-state index contributed by atoms with van der Waals surface area (Å²) in [5.41, 5.74) is 1.90. The van der Waals surface area contributed by atoms with Gasteiger partial charge in [0.05, 0.1) is 12.3 Å². The molecule has 0 unspecified atom stereocenters. The molecule has 4 rings (SSSR count). The largest absolute Gasteiger partial charge is 0.491 e. The number of likely N-dealkylation sites (N-methyl/N-ethyl adjacent to an activating group) is 1. The maximum absolute atomic E-state index is 9.05. The van der Waals surface area contributed by atoms with Crippen LogP contribution in [0.15, 0.2) is 54.6 Å². The Morgan fingerprint density at radius 2 is 1.77 bits per heavy atom. The number of aromatic nitrogens is 1. The fraction of sp³-hybridized carbons (Fsp3) is 0.320. The highest BCUT2D eigenvalue weighted by molar-refractivity contribution is 5.94. The predicted molar refractivity (Wildman–Crippen MR) is 124 cm³/mol. The van der Waals surface area contributed by atoms with Gasteiger partial charge in [0, 0.05) is 37.1 Å². The van der Waals surface area contributed by atoms with Gasteiger partial charge in [-0.2, -0.15) is 0 Å². The number of para-hydroxylation sites is 1. The van der Waals surface area contributed by atoms with Gasteiger partial charge in [-0.15, -0.1) is 0 Å². The number of benzene rings is 2. The summed E-state index contributed by atoms with van der Waals surface area (Å²) >= 11 is 0. The van der Waals surface area contributed by atoms with Crippen molar-refractivity contribution >= 4 is 28.7 Å². The molecule has 5 heteroatoms. The van der Waals surface area contributed by atoms with Crippen molar-refractivity contribution in [3.05, 3.63) is 65.9 Å². The summed E-state index contributed by atoms with van der Waals surface area (Å²) in [5, 5.41) is 11.5. The van der Waals surface area contributed by atoms with Crippen LogP contribution in [0.4, 0.5) is 5.82 Å². The Bertz CT molecular complexity index is 1010. The lowest BCUT2D eigenvalue weighted by Gasteiger charge is -2.35. The Morgan fingerprint density at radius 1 is 1.00 bits per heavy atom. The van der Waals surface area contributed by atoms with Crippen molar-refractivity contribution in [3.8, 4) is 5.75 Å². The molecular weight excluding hydrogens is 374 g/mol. The number of hydrogen-bond donors (Lipinski definition) is 1. The van der Waals surface area contributed by atoms with Gasteiger partial charge in [0.25, 0.3) is 0 Å². The van der Waals surface area contributed by atoms with Crippen LogP contribution < -0.4 is 9.64 Å². The Hall–Kier alpha value is -2.89. The first-order valence-corrected chi connectivity index (χ1v) is 10.7. The lowest BCUT2D eigenvalue weighted by atomic mass is 10.1. The molecule has 3 aromatic rings. The Balaban J connectivity index is 1.65. The number of ether oxygens (including phenoxy) is 1. The van der Waals surface area contributed by atoms with E-state index in [1.54, 1.807) is 0 Å². The van der Waals surface area contributed by atoms with Gasteiger partial charge in [0.2, 0.25) is 0 Å². The van der Waals surface area contributed by atoms with E-state index in [2.05, 4.69) is 47.1 Å². The second-order valence-corrected chi connectivity index (χ2v) is 7.46. The lowest BCUT2D eigenvalue weighted by molar-refractivity contribution is 0.201. The topological polar surface area (TPSA) is 48.8 Å². The average molecular weight is 404 g/mol. The molecule has 2 aromatic carbocycles. The Labute approximate surface area is 178 Å². The minimum absolute atomic E-state index is 0.00106. The maximum Gasteiger partial charge on any atom is 0.137 e. The van der Waals surface area contributed by atoms with Gasteiger partial charge in [-0.25, -0.2) is 4.98 Å². The zero-order valence-corrected chi connectivity index (χ0v) is 17.5. The zero-order valence-electron chi connectivity index (χ0n) is 17.5. The number of hydrogen-bond acceptors (Lipinski definition) is 5. The summed E-state index contributed by atoms with van der Waals surface area (Å²) in [6.45, 7) is 7.74. The van der Waals surface area contributed by atoms with Crippen molar-refractivity contribution in [3.63, 3.8) is 0 Å². The molecule has 0 atom stereocenters. The number of fused-ring (bicyclic) bond motifs is 1. The zero-order chi connectivity index (χ0) is 20.8. The molecule has 0 radical (unpaired) electrons. The van der Waals surface area contributed by atoms with Crippen molar-refractivity contribution in [2.45, 2.75) is 6.92 Å². The van der Waals surface area contributed by atoms with E-state index in [0.717, 1.165) is 55.5 Å². The highest BCUT2D eigenvalue weighted by Crippen LogP contribution is 2.28. The summed E-state index contributed by atoms with van der Waals surface area (Å²) in [5.74, 6) is 1.83. The number of pyridine rings is 1. The quantitative estimate of drug-likeness (QED) is 0.648. The highest BCUT2D eigenvalue weighted by atomic mass is 16.5. The Kier molecular flexibility index (Phi) is 6.62. The number of anilines is 1. The number of aliphatic hydroxyl groups excluding tert-OH is 1. The maximum atomic E-state index is 9.05. The highest BCUT2D eigenvalue weighted by Gasteiger charge is 2.19. The fourth-order valence-corrected chi connectivity index (χ4v) is 3.88. The van der Waals surface area contributed by atoms with E-state index >= 15 is 0 Å². The minimum Gasteiger partial charge on any atom is -0.491 e. The second kappa shape index (κ2) is 9.74. The standard InChI is InChI=1S/C25H29N3O2/c1-2-27-13-15-28(16-14-27)25-23-9-5-3-8-21(23)19-22(26-25)12-11-20-7-4-6-10-24(20)30-18-17-29/h3-12,19,29H,2,13-18H2,1H3. The van der Waals surface area contributed by atoms with Crippen LogP contribution in [0.5, 0.6) is 5.75 Å². The first-order valence-electron chi connectivity index (χ1n) is 10.7. The molecule has 0 spiro atoms. The van der Waals surface area contributed by atoms with E-state index in [-0.39, 0.29) is 13.2 Å². The molecule has 1 aliphatic heterocycles. The third kappa shape index (κ3) is 4.64. The molecule has 0 aliphatic carbocycles. The normalized spacial score (nSPS) is 15.2. The molecule has 0 saturated carbocycles. The molecule has 30 heavy (non-hydrogen) atoms. The van der Waals surface area contributed by atoms with E-state index in [4.69, 9.17) is 14.8 Å². The second-order valence-electron chi connectivity index (χ2n) is 7.46. The van der Waals surface area contributed by atoms with Gasteiger partial charge >= 0.3 is 0 Å². The van der Waals surface area contributed by atoms with Gasteiger partial charge in [-0.3, -0.25) is 0 Å². The first kappa shape index (κ1) is 20.4. The summed E-state index contributed by atoms with van der Waals surface area (Å²) in [6.07, 6.45) is 4.07. The fourth-order valence-electron chi connectivity index (χ4n) is 3.88.